The lowest BCUT2D eigenvalue weighted by Crippen LogP contribution is -2.30. The van der Waals surface area contributed by atoms with Gasteiger partial charge in [-0.3, -0.25) is 9.78 Å². The average Bonchev–Trinajstić information content (AvgIpc) is 2.92. The summed E-state index contributed by atoms with van der Waals surface area (Å²) in [6.45, 7) is 0.917. The molecule has 11 nitrogen and oxygen atoms in total. The van der Waals surface area contributed by atoms with E-state index < -0.39 is 30.6 Å². The fourth-order valence-electron chi connectivity index (χ4n) is 3.33. The third-order valence-electron chi connectivity index (χ3n) is 5.08. The van der Waals surface area contributed by atoms with Crippen molar-refractivity contribution in [2.45, 2.75) is 19.6 Å². The highest BCUT2D eigenvalue weighted by atomic mass is 35.5. The maximum atomic E-state index is 13.1. The van der Waals surface area contributed by atoms with E-state index in [0.29, 0.717) is 27.7 Å². The fraction of sp³-hybridized carbons (Fsp3) is 0.192. The first-order valence-corrected chi connectivity index (χ1v) is 12.1. The molecular formula is C26H23ClF3N5O6. The van der Waals surface area contributed by atoms with E-state index in [1.807, 2.05) is 0 Å². The maximum absolute atomic E-state index is 13.1. The molecule has 0 saturated heterocycles. The lowest BCUT2D eigenvalue weighted by Gasteiger charge is -2.17. The van der Waals surface area contributed by atoms with Crippen LogP contribution < -0.4 is 25.9 Å². The van der Waals surface area contributed by atoms with Crippen LogP contribution in [-0.2, 0) is 20.9 Å². The third kappa shape index (κ3) is 8.83. The maximum Gasteiger partial charge on any atom is 0.491 e. The van der Waals surface area contributed by atoms with Crippen molar-refractivity contribution in [2.75, 3.05) is 23.8 Å². The Labute approximate surface area is 236 Å². The highest BCUT2D eigenvalue weighted by Gasteiger charge is 2.42. The summed E-state index contributed by atoms with van der Waals surface area (Å²) in [5.41, 5.74) is 1.85. The number of carbonyl (C=O) groups excluding carboxylic acids is 3. The summed E-state index contributed by atoms with van der Waals surface area (Å²) in [5.74, 6) is 0.600. The van der Waals surface area contributed by atoms with Crippen molar-refractivity contribution in [3.63, 3.8) is 0 Å². The molecule has 216 valence electrons. The number of pyridine rings is 1. The van der Waals surface area contributed by atoms with Gasteiger partial charge >= 0.3 is 18.1 Å². The Morgan fingerprint density at radius 2 is 1.90 bits per heavy atom. The van der Waals surface area contributed by atoms with Crippen molar-refractivity contribution in [2.24, 2.45) is 10.9 Å². The molecule has 0 spiro atoms. The number of hydrogen-bond acceptors (Lipinski definition) is 10. The van der Waals surface area contributed by atoms with Crippen molar-refractivity contribution in [1.82, 2.24) is 4.98 Å². The molecule has 0 radical (unpaired) electrons. The molecule has 3 rings (SSSR count). The van der Waals surface area contributed by atoms with E-state index in [1.165, 1.54) is 24.5 Å². The Morgan fingerprint density at radius 3 is 2.56 bits per heavy atom. The molecular weight excluding hydrogens is 571 g/mol. The zero-order valence-corrected chi connectivity index (χ0v) is 22.1. The second-order valence-corrected chi connectivity index (χ2v) is 8.41. The first-order valence-electron chi connectivity index (χ1n) is 11.7. The van der Waals surface area contributed by atoms with Crippen LogP contribution in [-0.4, -0.2) is 48.4 Å². The van der Waals surface area contributed by atoms with E-state index in [0.717, 1.165) is 0 Å². The number of carbonyl (C=O) groups is 3. The lowest BCUT2D eigenvalue weighted by molar-refractivity contribution is -0.202. The third-order valence-corrected chi connectivity index (χ3v) is 5.31. The van der Waals surface area contributed by atoms with E-state index in [2.05, 4.69) is 25.5 Å². The molecule has 3 aromatic rings. The number of rotatable bonds is 11. The Bertz CT molecular complexity index is 1430. The van der Waals surface area contributed by atoms with Gasteiger partial charge in [-0.05, 0) is 43.3 Å². The zero-order chi connectivity index (χ0) is 30.0. The highest BCUT2D eigenvalue weighted by Crippen LogP contribution is 2.33. The second kappa shape index (κ2) is 14.0. The van der Waals surface area contributed by atoms with Crippen LogP contribution in [0.4, 0.5) is 24.5 Å². The molecule has 4 N–H and O–H groups in total. The van der Waals surface area contributed by atoms with Gasteiger partial charge in [0.1, 0.15) is 0 Å². The van der Waals surface area contributed by atoms with Gasteiger partial charge in [-0.1, -0.05) is 23.7 Å². The largest absolute Gasteiger partial charge is 0.491 e. The summed E-state index contributed by atoms with van der Waals surface area (Å²) >= 11 is 6.13. The normalized spacial score (nSPS) is 11.1. The number of nitrogens with zero attached hydrogens (tertiary/aromatic N) is 2. The van der Waals surface area contributed by atoms with Crippen LogP contribution in [0.25, 0.3) is 0 Å². The number of ether oxygens (including phenoxy) is 3. The number of anilines is 2. The molecule has 0 atom stereocenters. The number of amides is 1. The molecule has 1 heterocycles. The van der Waals surface area contributed by atoms with E-state index >= 15 is 0 Å². The molecule has 1 amide bonds. The minimum atomic E-state index is -5.34. The number of halogens is 4. The predicted octanol–water partition coefficient (Wildman–Crippen LogP) is 4.30. The Kier molecular flexibility index (Phi) is 10.5. The summed E-state index contributed by atoms with van der Waals surface area (Å²) in [4.78, 5) is 39.9. The zero-order valence-electron chi connectivity index (χ0n) is 21.3. The van der Waals surface area contributed by atoms with Gasteiger partial charge in [0, 0.05) is 22.8 Å². The number of aromatic nitrogens is 1. The van der Waals surface area contributed by atoms with Crippen molar-refractivity contribution < 1.29 is 41.8 Å². The van der Waals surface area contributed by atoms with Gasteiger partial charge < -0.3 is 30.7 Å². The minimum absolute atomic E-state index is 0.0172. The van der Waals surface area contributed by atoms with Gasteiger partial charge in [-0.2, -0.15) is 18.3 Å². The van der Waals surface area contributed by atoms with Crippen molar-refractivity contribution in [1.29, 1.82) is 0 Å². The molecule has 1 aromatic heterocycles. The minimum Gasteiger partial charge on any atom is -0.490 e. The van der Waals surface area contributed by atoms with Gasteiger partial charge in [0.15, 0.2) is 18.1 Å². The van der Waals surface area contributed by atoms with E-state index in [9.17, 15) is 27.6 Å². The average molecular weight is 594 g/mol. The summed E-state index contributed by atoms with van der Waals surface area (Å²) in [6.07, 6.45) is -2.58. The monoisotopic (exact) mass is 593 g/mol. The lowest BCUT2D eigenvalue weighted by atomic mass is 10.1. The van der Waals surface area contributed by atoms with E-state index in [4.69, 9.17) is 26.9 Å². The Hall–Kier alpha value is -4.85. The first kappa shape index (κ1) is 30.7. The van der Waals surface area contributed by atoms with Crippen molar-refractivity contribution in [3.05, 3.63) is 76.6 Å². The molecule has 41 heavy (non-hydrogen) atoms. The van der Waals surface area contributed by atoms with Crippen LogP contribution in [0.3, 0.4) is 0 Å². The molecule has 0 bridgehead atoms. The predicted molar refractivity (Wildman–Crippen MR) is 143 cm³/mol. The van der Waals surface area contributed by atoms with E-state index in [1.54, 1.807) is 43.3 Å². The summed E-state index contributed by atoms with van der Waals surface area (Å²) in [6, 6.07) is 12.5. The number of nitrogens with one attached hydrogen (secondary N) is 2. The van der Waals surface area contributed by atoms with Gasteiger partial charge in [0.25, 0.3) is 5.91 Å². The number of para-hydroxylation sites is 1. The summed E-state index contributed by atoms with van der Waals surface area (Å²) in [7, 11) is 0. The van der Waals surface area contributed by atoms with Crippen LogP contribution in [0, 0.1) is 0 Å². The topological polar surface area (TPSA) is 154 Å². The summed E-state index contributed by atoms with van der Waals surface area (Å²) in [5, 5.41) is 9.46. The first-order chi connectivity index (χ1) is 19.5. The number of hydrazone groups is 1. The van der Waals surface area contributed by atoms with Gasteiger partial charge in [-0.15, -0.1) is 0 Å². The Morgan fingerprint density at radius 1 is 1.12 bits per heavy atom. The molecule has 0 aliphatic carbocycles. The number of nitrogens with two attached hydrogens (primary N) is 1. The van der Waals surface area contributed by atoms with Crippen LogP contribution >= 0.6 is 11.6 Å². The molecule has 0 unspecified atom stereocenters. The van der Waals surface area contributed by atoms with Gasteiger partial charge in [0.2, 0.25) is 0 Å². The van der Waals surface area contributed by atoms with Gasteiger partial charge in [0.05, 0.1) is 36.0 Å². The number of hydrogen-bond donors (Lipinski definition) is 3. The van der Waals surface area contributed by atoms with Crippen molar-refractivity contribution in [3.8, 4) is 11.5 Å². The number of esters is 2. The van der Waals surface area contributed by atoms with Crippen LogP contribution in [0.2, 0.25) is 5.02 Å². The highest BCUT2D eigenvalue weighted by molar-refractivity contribution is 6.31. The smallest absolute Gasteiger partial charge is 0.490 e. The number of benzene rings is 2. The molecule has 0 saturated carbocycles. The fourth-order valence-corrected chi connectivity index (χ4v) is 3.51. The standard InChI is InChI=1S/C26H23ClF3N5O6/c1-2-39-21-5-3-4-15(23(21)40-14-22(36)41-25(38)26(28,29)30)11-33-20-9-6-16(27)10-19(20)24(37)35-18-8-7-17(13-34-31)32-12-18/h3-10,12-13,33H,2,11,14,31H2,1H3,(H,35,37)/b34-13+. The van der Waals surface area contributed by atoms with Crippen LogP contribution in [0.5, 0.6) is 11.5 Å². The molecule has 0 aliphatic heterocycles. The molecule has 2 aromatic carbocycles. The Balaban J connectivity index is 1.78. The molecule has 0 aliphatic rings. The van der Waals surface area contributed by atoms with Crippen molar-refractivity contribution >= 4 is 47.0 Å². The summed E-state index contributed by atoms with van der Waals surface area (Å²) < 4.78 is 51.9. The molecule has 0 fully saturated rings. The van der Waals surface area contributed by atoms with Crippen LogP contribution in [0.1, 0.15) is 28.5 Å². The van der Waals surface area contributed by atoms with Gasteiger partial charge in [-0.25, -0.2) is 9.59 Å². The SMILES string of the molecule is CCOc1cccc(CNc2ccc(Cl)cc2C(=O)Nc2ccc(/C=N/N)nc2)c1OCC(=O)OC(=O)C(F)(F)F. The van der Waals surface area contributed by atoms with E-state index in [-0.39, 0.29) is 30.2 Å². The van der Waals surface area contributed by atoms with Crippen LogP contribution in [0.15, 0.2) is 59.8 Å². The quantitative estimate of drug-likeness (QED) is 0.0970. The second-order valence-electron chi connectivity index (χ2n) is 7.97. The number of alkyl halides is 3. The molecule has 15 heteroatoms.